The number of anilines is 1. The van der Waals surface area contributed by atoms with Crippen molar-refractivity contribution < 1.29 is 18.4 Å². The Morgan fingerprint density at radius 3 is 2.66 bits per heavy atom. The first kappa shape index (κ1) is 20.1. The van der Waals surface area contributed by atoms with Crippen LogP contribution in [0.5, 0.6) is 0 Å². The lowest BCUT2D eigenvalue weighted by atomic mass is 9.93. The minimum Gasteiger partial charge on any atom is -0.459 e. The highest BCUT2D eigenvalue weighted by Crippen LogP contribution is 2.27. The summed E-state index contributed by atoms with van der Waals surface area (Å²) in [6.07, 6.45) is 1.89. The number of benzene rings is 2. The fourth-order valence-corrected chi connectivity index (χ4v) is 4.01. The minimum absolute atomic E-state index is 0.170. The van der Waals surface area contributed by atoms with Crippen molar-refractivity contribution in [1.29, 1.82) is 0 Å². The Labute approximate surface area is 185 Å². The Morgan fingerprint density at radius 2 is 1.91 bits per heavy atom. The van der Waals surface area contributed by atoms with Crippen molar-refractivity contribution in [2.75, 3.05) is 5.32 Å². The number of hydrogen-bond donors (Lipinski definition) is 1. The standard InChI is InChI=1S/C25H23N3O4/c1-15(2)24-27-19-13-18(9-10-21(19)32-24)26-23(29)20-12-16-6-3-4-7-17(16)14-28(20)25(30)22-8-5-11-31-22/h3-11,13,15,20H,12,14H2,1-2H3,(H,26,29). The molecule has 2 amide bonds. The number of nitrogens with zero attached hydrogens (tertiary/aromatic N) is 2. The molecule has 32 heavy (non-hydrogen) atoms. The van der Waals surface area contributed by atoms with Crippen LogP contribution in [0, 0.1) is 0 Å². The maximum atomic E-state index is 13.3. The molecule has 7 heteroatoms. The normalized spacial score (nSPS) is 15.7. The van der Waals surface area contributed by atoms with E-state index in [1.807, 2.05) is 38.1 Å². The van der Waals surface area contributed by atoms with Gasteiger partial charge < -0.3 is 19.1 Å². The van der Waals surface area contributed by atoms with Crippen LogP contribution in [-0.2, 0) is 17.8 Å². The zero-order valence-corrected chi connectivity index (χ0v) is 17.9. The highest BCUT2D eigenvalue weighted by atomic mass is 16.3. The molecule has 2 aromatic heterocycles. The number of oxazole rings is 1. The second-order valence-corrected chi connectivity index (χ2v) is 8.28. The van der Waals surface area contributed by atoms with Gasteiger partial charge in [0.05, 0.1) is 6.26 Å². The highest BCUT2D eigenvalue weighted by Gasteiger charge is 2.36. The van der Waals surface area contributed by atoms with Crippen LogP contribution >= 0.6 is 0 Å². The first-order valence-corrected chi connectivity index (χ1v) is 10.6. The smallest absolute Gasteiger partial charge is 0.290 e. The molecule has 1 N–H and O–H groups in total. The molecule has 1 aliphatic heterocycles. The molecule has 0 aliphatic carbocycles. The third kappa shape index (κ3) is 3.66. The predicted molar refractivity (Wildman–Crippen MR) is 119 cm³/mol. The zero-order valence-electron chi connectivity index (χ0n) is 17.9. The molecular weight excluding hydrogens is 406 g/mol. The van der Waals surface area contributed by atoms with E-state index in [0.717, 1.165) is 11.1 Å². The molecular formula is C25H23N3O4. The zero-order chi connectivity index (χ0) is 22.2. The summed E-state index contributed by atoms with van der Waals surface area (Å²) in [6, 6.07) is 15.9. The minimum atomic E-state index is -0.665. The van der Waals surface area contributed by atoms with Gasteiger partial charge in [-0.15, -0.1) is 0 Å². The summed E-state index contributed by atoms with van der Waals surface area (Å²) in [5.41, 5.74) is 4.05. The Hall–Kier alpha value is -3.87. The SMILES string of the molecule is CC(C)c1nc2cc(NC(=O)C3Cc4ccccc4CN3C(=O)c3ccco3)ccc2o1. The maximum Gasteiger partial charge on any atom is 0.290 e. The second kappa shape index (κ2) is 8.00. The molecule has 1 atom stereocenters. The largest absolute Gasteiger partial charge is 0.459 e. The molecule has 0 saturated carbocycles. The fourth-order valence-electron chi connectivity index (χ4n) is 4.01. The number of carbonyl (C=O) groups excluding carboxylic acids is 2. The summed E-state index contributed by atoms with van der Waals surface area (Å²) >= 11 is 0. The Kier molecular flexibility index (Phi) is 5.01. The van der Waals surface area contributed by atoms with E-state index >= 15 is 0 Å². The van der Waals surface area contributed by atoms with Gasteiger partial charge in [-0.2, -0.15) is 0 Å². The lowest BCUT2D eigenvalue weighted by Crippen LogP contribution is -2.50. The quantitative estimate of drug-likeness (QED) is 0.506. The van der Waals surface area contributed by atoms with E-state index in [1.165, 1.54) is 6.26 Å². The van der Waals surface area contributed by atoms with Crippen molar-refractivity contribution in [3.05, 3.63) is 83.6 Å². The molecule has 5 rings (SSSR count). The number of aromatic nitrogens is 1. The Bertz CT molecular complexity index is 1290. The van der Waals surface area contributed by atoms with Crippen LogP contribution in [0.4, 0.5) is 5.69 Å². The highest BCUT2D eigenvalue weighted by molar-refractivity contribution is 6.01. The number of furan rings is 1. The van der Waals surface area contributed by atoms with Crippen molar-refractivity contribution in [1.82, 2.24) is 9.88 Å². The summed E-state index contributed by atoms with van der Waals surface area (Å²) < 4.78 is 11.1. The van der Waals surface area contributed by atoms with Crippen LogP contribution in [0.1, 0.15) is 47.3 Å². The molecule has 162 valence electrons. The number of nitrogens with one attached hydrogen (secondary N) is 1. The molecule has 2 aromatic carbocycles. The van der Waals surface area contributed by atoms with E-state index in [-0.39, 0.29) is 23.5 Å². The number of carbonyl (C=O) groups is 2. The lowest BCUT2D eigenvalue weighted by molar-refractivity contribution is -0.121. The van der Waals surface area contributed by atoms with Crippen molar-refractivity contribution in [3.8, 4) is 0 Å². The van der Waals surface area contributed by atoms with Gasteiger partial charge in [0.15, 0.2) is 17.2 Å². The molecule has 1 aliphatic rings. The third-order valence-electron chi connectivity index (χ3n) is 5.71. The number of fused-ring (bicyclic) bond motifs is 2. The van der Waals surface area contributed by atoms with Gasteiger partial charge >= 0.3 is 0 Å². The van der Waals surface area contributed by atoms with Gasteiger partial charge in [0.1, 0.15) is 11.6 Å². The molecule has 7 nitrogen and oxygen atoms in total. The van der Waals surface area contributed by atoms with Crippen molar-refractivity contribution in [3.63, 3.8) is 0 Å². The third-order valence-corrected chi connectivity index (χ3v) is 5.71. The topological polar surface area (TPSA) is 88.6 Å². The Morgan fingerprint density at radius 1 is 1.09 bits per heavy atom. The van der Waals surface area contributed by atoms with Crippen molar-refractivity contribution in [2.45, 2.75) is 38.8 Å². The summed E-state index contributed by atoms with van der Waals surface area (Å²) in [4.78, 5) is 32.5. The summed E-state index contributed by atoms with van der Waals surface area (Å²) in [5.74, 6) is 0.475. The monoisotopic (exact) mass is 429 g/mol. The van der Waals surface area contributed by atoms with Gasteiger partial charge in [0.25, 0.3) is 5.91 Å². The predicted octanol–water partition coefficient (Wildman–Crippen LogP) is 4.75. The molecule has 0 fully saturated rings. The maximum absolute atomic E-state index is 13.3. The van der Waals surface area contributed by atoms with Crippen molar-refractivity contribution >= 4 is 28.6 Å². The van der Waals surface area contributed by atoms with Crippen molar-refractivity contribution in [2.24, 2.45) is 0 Å². The first-order valence-electron chi connectivity index (χ1n) is 10.6. The average Bonchev–Trinajstić information content (AvgIpc) is 3.47. The first-order chi connectivity index (χ1) is 15.5. The Balaban J connectivity index is 1.43. The molecule has 3 heterocycles. The average molecular weight is 429 g/mol. The molecule has 1 unspecified atom stereocenters. The van der Waals surface area contributed by atoms with Crippen LogP contribution in [0.3, 0.4) is 0 Å². The number of rotatable bonds is 4. The van der Waals surface area contributed by atoms with Crippen LogP contribution in [0.2, 0.25) is 0 Å². The summed E-state index contributed by atoms with van der Waals surface area (Å²) in [6.45, 7) is 4.37. The molecule has 0 radical (unpaired) electrons. The van der Waals surface area contributed by atoms with E-state index in [4.69, 9.17) is 8.83 Å². The summed E-state index contributed by atoms with van der Waals surface area (Å²) in [7, 11) is 0. The number of hydrogen-bond acceptors (Lipinski definition) is 5. The molecule has 4 aromatic rings. The van der Waals surface area contributed by atoms with Crippen LogP contribution in [-0.4, -0.2) is 27.7 Å². The van der Waals surface area contributed by atoms with E-state index in [9.17, 15) is 9.59 Å². The molecule has 0 bridgehead atoms. The van der Waals surface area contributed by atoms with Gasteiger partial charge in [-0.3, -0.25) is 9.59 Å². The lowest BCUT2D eigenvalue weighted by Gasteiger charge is -2.35. The van der Waals surface area contributed by atoms with Crippen LogP contribution < -0.4 is 5.32 Å². The molecule has 0 saturated heterocycles. The summed E-state index contributed by atoms with van der Waals surface area (Å²) in [5, 5.41) is 2.96. The van der Waals surface area contributed by atoms with Gasteiger partial charge in [-0.1, -0.05) is 38.1 Å². The van der Waals surface area contributed by atoms with Crippen LogP contribution in [0.15, 0.2) is 69.7 Å². The van der Waals surface area contributed by atoms with E-state index in [2.05, 4.69) is 10.3 Å². The number of amides is 2. The fraction of sp³-hybridized carbons (Fsp3) is 0.240. The second-order valence-electron chi connectivity index (χ2n) is 8.28. The van der Waals surface area contributed by atoms with Gasteiger partial charge in [0.2, 0.25) is 5.91 Å². The van der Waals surface area contributed by atoms with E-state index in [1.54, 1.807) is 35.2 Å². The van der Waals surface area contributed by atoms with Gasteiger partial charge in [-0.25, -0.2) is 4.98 Å². The van der Waals surface area contributed by atoms with E-state index in [0.29, 0.717) is 35.6 Å². The van der Waals surface area contributed by atoms with E-state index < -0.39 is 6.04 Å². The van der Waals surface area contributed by atoms with Crippen LogP contribution in [0.25, 0.3) is 11.1 Å². The van der Waals surface area contributed by atoms with Gasteiger partial charge in [-0.05, 0) is 41.5 Å². The molecule has 0 spiro atoms. The van der Waals surface area contributed by atoms with Gasteiger partial charge in [0, 0.05) is 24.6 Å².